The molecule has 0 fully saturated rings. The van der Waals surface area contributed by atoms with Crippen molar-refractivity contribution in [3.63, 3.8) is 0 Å². The second-order valence-corrected chi connectivity index (χ2v) is 13.5. The van der Waals surface area contributed by atoms with E-state index in [0.29, 0.717) is 17.4 Å². The normalized spacial score (nSPS) is 14.7. The highest BCUT2D eigenvalue weighted by molar-refractivity contribution is 14.1. The molecule has 0 amide bonds. The molecule has 204 valence electrons. The zero-order valence-corrected chi connectivity index (χ0v) is 25.6. The molecule has 0 heterocycles. The Balaban J connectivity index is 1.86. The number of hydrogen-bond acceptors (Lipinski definition) is 3. The summed E-state index contributed by atoms with van der Waals surface area (Å²) in [6.07, 6.45) is 20.9. The molecule has 0 bridgehead atoms. The van der Waals surface area contributed by atoms with Crippen LogP contribution in [0, 0.1) is 3.57 Å². The Morgan fingerprint density at radius 3 is 1.60 bits per heavy atom. The Bertz CT molecular complexity index is 687. The topological polar surface area (TPSA) is 69.6 Å². The molecule has 0 radical (unpaired) electrons. The molecular weight excluding hydrogens is 570 g/mol. The molecule has 0 aromatic heterocycles. The van der Waals surface area contributed by atoms with E-state index in [1.807, 2.05) is 21.1 Å². The minimum absolute atomic E-state index is 0.443. The molecule has 0 aliphatic heterocycles. The molecule has 35 heavy (non-hydrogen) atoms. The largest absolute Gasteiger partial charge is 0.756 e. The third-order valence-corrected chi connectivity index (χ3v) is 7.72. The molecular formula is C28H51INO4P. The highest BCUT2D eigenvalue weighted by atomic mass is 125. The van der Waals surface area contributed by atoms with Crippen molar-refractivity contribution < 1.29 is 23.4 Å². The van der Waals surface area contributed by atoms with Gasteiger partial charge >= 0.3 is 0 Å². The summed E-state index contributed by atoms with van der Waals surface area (Å²) in [5.41, 5.74) is 1.47. The Labute approximate surface area is 229 Å². The summed E-state index contributed by atoms with van der Waals surface area (Å²) >= 11 is 2.36. The quantitative estimate of drug-likeness (QED) is 0.0626. The van der Waals surface area contributed by atoms with Gasteiger partial charge in [0.25, 0.3) is 7.82 Å². The van der Waals surface area contributed by atoms with Crippen molar-refractivity contribution in [3.05, 3.63) is 33.4 Å². The number of unbranched alkanes of at least 4 members (excludes halogenated alkanes) is 14. The number of nitrogens with zero attached hydrogens (tertiary/aromatic N) is 1. The number of likely N-dealkylation sites (N-methyl/N-ethyl adjacent to an activating group) is 1. The van der Waals surface area contributed by atoms with Crippen LogP contribution < -0.4 is 4.89 Å². The third-order valence-electron chi connectivity index (χ3n) is 6.44. The molecule has 0 aliphatic rings. The zero-order valence-electron chi connectivity index (χ0n) is 22.6. The van der Waals surface area contributed by atoms with Crippen molar-refractivity contribution in [2.45, 2.75) is 115 Å². The molecule has 1 aromatic carbocycles. The fraction of sp³-hybridized carbons (Fsp3) is 0.786. The van der Waals surface area contributed by atoms with Crippen LogP contribution in [0.2, 0.25) is 0 Å². The van der Waals surface area contributed by atoms with Crippen molar-refractivity contribution in [2.24, 2.45) is 0 Å². The zero-order chi connectivity index (χ0) is 26.0. The van der Waals surface area contributed by atoms with E-state index in [4.69, 9.17) is 9.42 Å². The summed E-state index contributed by atoms with van der Waals surface area (Å²) in [5, 5.41) is 0. The minimum atomic E-state index is -4.67. The Hall–Kier alpha value is 0.0200. The molecule has 7 heteroatoms. The summed E-state index contributed by atoms with van der Waals surface area (Å²) in [7, 11) is 1.32. The van der Waals surface area contributed by atoms with Crippen LogP contribution in [0.5, 0.6) is 0 Å². The van der Waals surface area contributed by atoms with Gasteiger partial charge in [0.2, 0.25) is 0 Å². The smallest absolute Gasteiger partial charge is 0.265 e. The van der Waals surface area contributed by atoms with Gasteiger partial charge in [-0.25, -0.2) is 0 Å². The number of hydrogen-bond donors (Lipinski definition) is 1. The lowest BCUT2D eigenvalue weighted by Crippen LogP contribution is -2.42. The molecule has 0 spiro atoms. The van der Waals surface area contributed by atoms with Gasteiger partial charge in [-0.1, -0.05) is 102 Å². The standard InChI is InChI=1S/C28H51INO4P/c1-30(2,3)25-28(34-35(31,32)33)20-18-16-14-12-10-8-6-4-5-7-9-11-13-15-17-19-26-21-23-27(29)24-22-26/h21-24,28H,4-20,25H2,1-3H3,(H-,31,32,33)/i29-2. The second-order valence-electron chi connectivity index (χ2n) is 11.1. The third kappa shape index (κ3) is 21.8. The molecule has 2 unspecified atom stereocenters. The van der Waals surface area contributed by atoms with Crippen molar-refractivity contribution >= 4 is 30.4 Å². The van der Waals surface area contributed by atoms with Crippen LogP contribution in [0.15, 0.2) is 24.3 Å². The number of aryl methyl sites for hydroxylation is 1. The first-order valence-corrected chi connectivity index (χ1v) is 16.4. The number of halogens is 1. The van der Waals surface area contributed by atoms with E-state index in [1.54, 1.807) is 0 Å². The maximum atomic E-state index is 11.1. The van der Waals surface area contributed by atoms with Crippen molar-refractivity contribution in [3.8, 4) is 0 Å². The maximum Gasteiger partial charge on any atom is 0.265 e. The summed E-state index contributed by atoms with van der Waals surface area (Å²) in [5.74, 6) is 0. The molecule has 0 saturated carbocycles. The summed E-state index contributed by atoms with van der Waals surface area (Å²) in [6, 6.07) is 8.93. The minimum Gasteiger partial charge on any atom is -0.756 e. The fourth-order valence-electron chi connectivity index (χ4n) is 4.63. The van der Waals surface area contributed by atoms with Gasteiger partial charge in [-0.2, -0.15) is 0 Å². The average Bonchev–Trinajstić information content (AvgIpc) is 2.75. The second kappa shape index (κ2) is 19.1. The molecule has 1 N–H and O–H groups in total. The van der Waals surface area contributed by atoms with Crippen LogP contribution in [0.3, 0.4) is 0 Å². The molecule has 0 aliphatic carbocycles. The van der Waals surface area contributed by atoms with Crippen LogP contribution in [0.25, 0.3) is 0 Å². The number of rotatable bonds is 22. The highest BCUT2D eigenvalue weighted by Gasteiger charge is 2.22. The predicted octanol–water partition coefficient (Wildman–Crippen LogP) is 7.63. The van der Waals surface area contributed by atoms with E-state index in [0.717, 1.165) is 12.8 Å². The van der Waals surface area contributed by atoms with Gasteiger partial charge in [0.05, 0.1) is 21.1 Å². The lowest BCUT2D eigenvalue weighted by atomic mass is 10.0. The van der Waals surface area contributed by atoms with Gasteiger partial charge in [-0.05, 0) is 59.5 Å². The number of benzene rings is 1. The lowest BCUT2D eigenvalue weighted by molar-refractivity contribution is -0.873. The van der Waals surface area contributed by atoms with Crippen LogP contribution >= 0.6 is 30.4 Å². The predicted molar refractivity (Wildman–Crippen MR) is 154 cm³/mol. The van der Waals surface area contributed by atoms with Crippen molar-refractivity contribution in [2.75, 3.05) is 27.7 Å². The summed E-state index contributed by atoms with van der Waals surface area (Å²) in [6.45, 7) is 0.570. The molecule has 0 saturated heterocycles. The maximum absolute atomic E-state index is 11.1. The monoisotopic (exact) mass is 621 g/mol. The SMILES string of the molecule is C[N+](C)(C)CC(CCCCCCCCCCCCCCCCCc1ccc([125I])cc1)OP(=O)([O-])O. The molecule has 1 aromatic rings. The van der Waals surface area contributed by atoms with Gasteiger partial charge in [0.15, 0.2) is 0 Å². The molecule has 5 nitrogen and oxygen atoms in total. The Kier molecular flexibility index (Phi) is 18.1. The van der Waals surface area contributed by atoms with Crippen LogP contribution in [-0.4, -0.2) is 43.2 Å². The Morgan fingerprint density at radius 1 is 0.800 bits per heavy atom. The first-order valence-electron chi connectivity index (χ1n) is 13.8. The Morgan fingerprint density at radius 2 is 1.20 bits per heavy atom. The van der Waals surface area contributed by atoms with E-state index >= 15 is 0 Å². The van der Waals surface area contributed by atoms with E-state index in [2.05, 4.69) is 46.9 Å². The van der Waals surface area contributed by atoms with Gasteiger partial charge in [0.1, 0.15) is 12.6 Å². The van der Waals surface area contributed by atoms with Crippen LogP contribution in [-0.2, 0) is 15.5 Å². The number of quaternary nitrogens is 1. The van der Waals surface area contributed by atoms with Gasteiger partial charge in [-0.15, -0.1) is 0 Å². The molecule has 1 rings (SSSR count). The van der Waals surface area contributed by atoms with E-state index < -0.39 is 13.9 Å². The van der Waals surface area contributed by atoms with Crippen LogP contribution in [0.1, 0.15) is 108 Å². The number of phosphoric ester groups is 1. The first-order chi connectivity index (χ1) is 16.6. The van der Waals surface area contributed by atoms with E-state index in [9.17, 15) is 9.46 Å². The van der Waals surface area contributed by atoms with E-state index in [-0.39, 0.29) is 0 Å². The van der Waals surface area contributed by atoms with Gasteiger partial charge in [-0.3, -0.25) is 4.57 Å². The summed E-state index contributed by atoms with van der Waals surface area (Å²) < 4.78 is 17.9. The van der Waals surface area contributed by atoms with Gasteiger partial charge in [0, 0.05) is 3.57 Å². The lowest BCUT2D eigenvalue weighted by Gasteiger charge is -2.31. The first kappa shape index (κ1) is 33.0. The van der Waals surface area contributed by atoms with Crippen molar-refractivity contribution in [1.29, 1.82) is 0 Å². The van der Waals surface area contributed by atoms with Crippen molar-refractivity contribution in [1.82, 2.24) is 0 Å². The highest BCUT2D eigenvalue weighted by Crippen LogP contribution is 2.34. The average molecular weight is 622 g/mol. The fourth-order valence-corrected chi connectivity index (χ4v) is 5.54. The number of phosphoric acid groups is 1. The van der Waals surface area contributed by atoms with Crippen LogP contribution in [0.4, 0.5) is 0 Å². The van der Waals surface area contributed by atoms with Gasteiger partial charge < -0.3 is 18.8 Å². The summed E-state index contributed by atoms with van der Waals surface area (Å²) in [4.78, 5) is 20.1. The molecule has 2 atom stereocenters. The van der Waals surface area contributed by atoms with E-state index in [1.165, 1.54) is 99.0 Å².